The lowest BCUT2D eigenvalue weighted by Crippen LogP contribution is -2.39. The first-order valence-electron chi connectivity index (χ1n) is 11.7. The molecular formula is C26H37N3O5S. The van der Waals surface area contributed by atoms with Gasteiger partial charge >= 0.3 is 0 Å². The van der Waals surface area contributed by atoms with E-state index in [4.69, 9.17) is 0 Å². The number of benzene rings is 2. The summed E-state index contributed by atoms with van der Waals surface area (Å²) in [7, 11) is -2.28. The molecule has 2 rings (SSSR count). The first-order chi connectivity index (χ1) is 16.2. The second-order valence-electron chi connectivity index (χ2n) is 9.74. The summed E-state index contributed by atoms with van der Waals surface area (Å²) in [6, 6.07) is 8.21. The van der Waals surface area contributed by atoms with Crippen LogP contribution in [0.25, 0.3) is 0 Å². The van der Waals surface area contributed by atoms with E-state index in [1.54, 1.807) is 44.2 Å². The molecule has 0 saturated carbocycles. The number of unbranched alkanes of at least 4 members (excludes halogenated alkanes) is 1. The monoisotopic (exact) mass is 503 g/mol. The van der Waals surface area contributed by atoms with E-state index in [0.717, 1.165) is 9.87 Å². The third kappa shape index (κ3) is 6.97. The van der Waals surface area contributed by atoms with Crippen molar-refractivity contribution in [3.8, 4) is 5.75 Å². The van der Waals surface area contributed by atoms with E-state index in [1.165, 1.54) is 7.05 Å². The average Bonchev–Trinajstić information content (AvgIpc) is 2.77. The third-order valence-corrected chi connectivity index (χ3v) is 7.55. The van der Waals surface area contributed by atoms with Gasteiger partial charge in [0.1, 0.15) is 12.3 Å². The molecule has 8 nitrogen and oxygen atoms in total. The Balaban J connectivity index is 2.48. The topological polar surface area (TPSA) is 116 Å². The highest BCUT2D eigenvalue weighted by Gasteiger charge is 2.27. The molecule has 0 aliphatic carbocycles. The fraction of sp³-hybridized carbons (Fsp3) is 0.462. The molecule has 2 aromatic rings. The van der Waals surface area contributed by atoms with Crippen LogP contribution in [0.3, 0.4) is 0 Å². The zero-order chi connectivity index (χ0) is 26.6. The van der Waals surface area contributed by atoms with Gasteiger partial charge in [-0.15, -0.1) is 0 Å². The number of hydrogen-bond acceptors (Lipinski definition) is 5. The van der Waals surface area contributed by atoms with Crippen LogP contribution in [0.15, 0.2) is 30.3 Å². The molecule has 192 valence electrons. The van der Waals surface area contributed by atoms with E-state index in [2.05, 4.69) is 10.6 Å². The lowest BCUT2D eigenvalue weighted by atomic mass is 9.85. The highest BCUT2D eigenvalue weighted by atomic mass is 32.2. The molecule has 2 aromatic carbocycles. The molecule has 9 heteroatoms. The Morgan fingerprint density at radius 3 is 2.17 bits per heavy atom. The van der Waals surface area contributed by atoms with Gasteiger partial charge in [0, 0.05) is 18.3 Å². The Bertz CT molecular complexity index is 1180. The summed E-state index contributed by atoms with van der Waals surface area (Å²) in [5, 5.41) is 15.6. The molecule has 0 aliphatic heterocycles. The number of aryl methyl sites for hydroxylation is 2. The maximum Gasteiger partial charge on any atom is 0.251 e. The lowest BCUT2D eigenvalue weighted by Gasteiger charge is -2.27. The molecule has 0 unspecified atom stereocenters. The minimum atomic E-state index is -3.81. The summed E-state index contributed by atoms with van der Waals surface area (Å²) in [6.07, 6.45) is 1.15. The second kappa shape index (κ2) is 11.1. The van der Waals surface area contributed by atoms with Crippen LogP contribution in [0.4, 0.5) is 11.4 Å². The number of phenols is 1. The summed E-state index contributed by atoms with van der Waals surface area (Å²) in [5.41, 5.74) is 2.67. The Morgan fingerprint density at radius 1 is 1.06 bits per heavy atom. The number of carbonyl (C=O) groups excluding carboxylic acids is 2. The number of amides is 2. The predicted octanol–water partition coefficient (Wildman–Crippen LogP) is 4.24. The molecule has 0 saturated heterocycles. The average molecular weight is 504 g/mol. The maximum atomic E-state index is 13.2. The summed E-state index contributed by atoms with van der Waals surface area (Å²) in [4.78, 5) is 25.4. The largest absolute Gasteiger partial charge is 0.507 e. The summed E-state index contributed by atoms with van der Waals surface area (Å²) >= 11 is 0. The Hall–Kier alpha value is -3.07. The SMILES string of the molecule is CCCCS(=O)(=O)N(CC(=O)Nc1cc(C(=O)NC)ccc1C(C)(C)C)c1cc(C)c(O)c(C)c1. The van der Waals surface area contributed by atoms with Gasteiger partial charge in [-0.25, -0.2) is 8.42 Å². The molecule has 35 heavy (non-hydrogen) atoms. The number of hydrogen-bond donors (Lipinski definition) is 3. The number of nitrogens with one attached hydrogen (secondary N) is 2. The van der Waals surface area contributed by atoms with Crippen LogP contribution < -0.4 is 14.9 Å². The molecular weight excluding hydrogens is 466 g/mol. The van der Waals surface area contributed by atoms with E-state index in [0.29, 0.717) is 40.9 Å². The number of anilines is 2. The standard InChI is InChI=1S/C26H37N3O5S/c1-8-9-12-35(33,34)29(20-13-17(2)24(31)18(3)14-20)16-23(30)28-22-15-19(25(32)27-7)10-11-21(22)26(4,5)6/h10-11,13-15,31H,8-9,12,16H2,1-7H3,(H,27,32)(H,28,30). The number of phenolic OH excluding ortho intramolecular Hbond substituents is 1. The van der Waals surface area contributed by atoms with Gasteiger partial charge in [0.2, 0.25) is 15.9 Å². The van der Waals surface area contributed by atoms with Crippen molar-refractivity contribution in [2.75, 3.05) is 29.0 Å². The van der Waals surface area contributed by atoms with Crippen molar-refractivity contribution in [3.63, 3.8) is 0 Å². The minimum absolute atomic E-state index is 0.0879. The van der Waals surface area contributed by atoms with Gasteiger partial charge in [-0.3, -0.25) is 13.9 Å². The van der Waals surface area contributed by atoms with Crippen molar-refractivity contribution in [1.82, 2.24) is 5.32 Å². The van der Waals surface area contributed by atoms with Crippen molar-refractivity contribution in [2.24, 2.45) is 0 Å². The van der Waals surface area contributed by atoms with E-state index in [9.17, 15) is 23.1 Å². The fourth-order valence-corrected chi connectivity index (χ4v) is 5.39. The van der Waals surface area contributed by atoms with Gasteiger partial charge in [-0.05, 0) is 66.6 Å². The maximum absolute atomic E-state index is 13.2. The van der Waals surface area contributed by atoms with Crippen molar-refractivity contribution in [1.29, 1.82) is 0 Å². The van der Waals surface area contributed by atoms with E-state index in [-0.39, 0.29) is 22.8 Å². The van der Waals surface area contributed by atoms with E-state index < -0.39 is 22.5 Å². The molecule has 0 heterocycles. The molecule has 2 amide bonds. The number of sulfonamides is 1. The van der Waals surface area contributed by atoms with Gasteiger partial charge < -0.3 is 15.7 Å². The molecule has 0 aromatic heterocycles. The van der Waals surface area contributed by atoms with Crippen LogP contribution in [0.2, 0.25) is 0 Å². The normalized spacial score (nSPS) is 11.7. The summed E-state index contributed by atoms with van der Waals surface area (Å²) in [6.45, 7) is 10.8. The predicted molar refractivity (Wildman–Crippen MR) is 141 cm³/mol. The zero-order valence-electron chi connectivity index (χ0n) is 21.7. The Morgan fingerprint density at radius 2 is 1.66 bits per heavy atom. The number of carbonyl (C=O) groups is 2. The van der Waals surface area contributed by atoms with Gasteiger partial charge in [0.15, 0.2) is 0 Å². The second-order valence-corrected chi connectivity index (χ2v) is 11.8. The third-order valence-electron chi connectivity index (χ3n) is 5.73. The van der Waals surface area contributed by atoms with Gasteiger partial charge in [-0.2, -0.15) is 0 Å². The van der Waals surface area contributed by atoms with E-state index in [1.807, 2.05) is 27.7 Å². The van der Waals surface area contributed by atoms with Crippen molar-refractivity contribution in [3.05, 3.63) is 52.6 Å². The highest BCUT2D eigenvalue weighted by molar-refractivity contribution is 7.92. The van der Waals surface area contributed by atoms with Crippen LogP contribution in [0.1, 0.15) is 67.6 Å². The van der Waals surface area contributed by atoms with Crippen LogP contribution >= 0.6 is 0 Å². The molecule has 0 bridgehead atoms. The Kier molecular flexibility index (Phi) is 8.94. The van der Waals surface area contributed by atoms with Crippen LogP contribution in [0, 0.1) is 13.8 Å². The zero-order valence-corrected chi connectivity index (χ0v) is 22.5. The smallest absolute Gasteiger partial charge is 0.251 e. The molecule has 0 fully saturated rings. The fourth-order valence-electron chi connectivity index (χ4n) is 3.77. The summed E-state index contributed by atoms with van der Waals surface area (Å²) in [5.74, 6) is -0.840. The van der Waals surface area contributed by atoms with Crippen LogP contribution in [-0.2, 0) is 20.2 Å². The van der Waals surface area contributed by atoms with Gasteiger partial charge in [-0.1, -0.05) is 40.2 Å². The molecule has 0 atom stereocenters. The number of nitrogens with zero attached hydrogens (tertiary/aromatic N) is 1. The molecule has 0 spiro atoms. The van der Waals surface area contributed by atoms with E-state index >= 15 is 0 Å². The van der Waals surface area contributed by atoms with Crippen LogP contribution in [0.5, 0.6) is 5.75 Å². The lowest BCUT2D eigenvalue weighted by molar-refractivity contribution is -0.114. The molecule has 0 radical (unpaired) electrons. The number of rotatable bonds is 9. The molecule has 0 aliphatic rings. The molecule has 3 N–H and O–H groups in total. The first-order valence-corrected chi connectivity index (χ1v) is 13.3. The minimum Gasteiger partial charge on any atom is -0.507 e. The first kappa shape index (κ1) is 28.2. The van der Waals surface area contributed by atoms with Crippen LogP contribution in [-0.4, -0.2) is 44.7 Å². The van der Waals surface area contributed by atoms with Crippen molar-refractivity contribution >= 4 is 33.2 Å². The van der Waals surface area contributed by atoms with Gasteiger partial charge in [0.05, 0.1) is 11.4 Å². The highest BCUT2D eigenvalue weighted by Crippen LogP contribution is 2.32. The summed E-state index contributed by atoms with van der Waals surface area (Å²) < 4.78 is 27.5. The van der Waals surface area contributed by atoms with Gasteiger partial charge in [0.25, 0.3) is 5.91 Å². The van der Waals surface area contributed by atoms with Crippen molar-refractivity contribution < 1.29 is 23.1 Å². The Labute approximate surface area is 208 Å². The quantitative estimate of drug-likeness (QED) is 0.473. The van der Waals surface area contributed by atoms with Crippen molar-refractivity contribution in [2.45, 2.75) is 59.8 Å². The number of aromatic hydroxyl groups is 1.